The third-order valence-corrected chi connectivity index (χ3v) is 4.56. The Balaban J connectivity index is 2.08. The number of aromatic amines is 1. The van der Waals surface area contributed by atoms with Crippen LogP contribution in [0.1, 0.15) is 5.56 Å². The van der Waals surface area contributed by atoms with Gasteiger partial charge in [0.05, 0.1) is 11.9 Å². The molecule has 0 bridgehead atoms. The molecule has 2 aromatic heterocycles. The molecule has 2 heterocycles. The highest BCUT2D eigenvalue weighted by Gasteiger charge is 2.12. The van der Waals surface area contributed by atoms with Crippen molar-refractivity contribution < 1.29 is 0 Å². The first-order chi connectivity index (χ1) is 9.83. The van der Waals surface area contributed by atoms with Crippen molar-refractivity contribution in [3.05, 3.63) is 36.4 Å². The Kier molecular flexibility index (Phi) is 3.58. The van der Waals surface area contributed by atoms with Crippen molar-refractivity contribution in [2.24, 2.45) is 0 Å². The fourth-order valence-corrected chi connectivity index (χ4v) is 3.40. The molecule has 0 saturated carbocycles. The van der Waals surface area contributed by atoms with Gasteiger partial charge in [-0.2, -0.15) is 5.26 Å². The highest BCUT2D eigenvalue weighted by molar-refractivity contribution is 8.00. The van der Waals surface area contributed by atoms with E-state index in [1.165, 1.54) is 18.1 Å². The highest BCUT2D eigenvalue weighted by atomic mass is 32.2. The summed E-state index contributed by atoms with van der Waals surface area (Å²) in [6, 6.07) is 8.08. The maximum atomic E-state index is 9.35. The zero-order valence-electron chi connectivity index (χ0n) is 10.5. The first-order valence-corrected chi connectivity index (χ1v) is 7.76. The lowest BCUT2D eigenvalue weighted by atomic mass is 10.2. The summed E-state index contributed by atoms with van der Waals surface area (Å²) in [7, 11) is 0. The van der Waals surface area contributed by atoms with E-state index in [0.717, 1.165) is 20.3 Å². The normalized spacial score (nSPS) is 10.6. The van der Waals surface area contributed by atoms with Crippen molar-refractivity contribution in [1.29, 1.82) is 5.26 Å². The zero-order valence-corrected chi connectivity index (χ0v) is 12.1. The number of aromatic nitrogens is 4. The molecule has 0 aliphatic carbocycles. The summed E-state index contributed by atoms with van der Waals surface area (Å²) in [4.78, 5) is 17.3. The molecule has 0 fully saturated rings. The first kappa shape index (κ1) is 13.0. The second kappa shape index (κ2) is 5.53. The Labute approximate surface area is 123 Å². The van der Waals surface area contributed by atoms with Gasteiger partial charge in [0, 0.05) is 9.79 Å². The van der Waals surface area contributed by atoms with Gasteiger partial charge >= 0.3 is 0 Å². The van der Waals surface area contributed by atoms with Crippen LogP contribution in [0.15, 0.2) is 45.7 Å². The number of benzene rings is 1. The Morgan fingerprint density at radius 2 is 2.05 bits per heavy atom. The number of thioether (sulfide) groups is 1. The molecular weight excluding hydrogens is 290 g/mol. The fourth-order valence-electron chi connectivity index (χ4n) is 1.80. The predicted octanol–water partition coefficient (Wildman–Crippen LogP) is 3.10. The summed E-state index contributed by atoms with van der Waals surface area (Å²) in [6.07, 6.45) is 5.03. The van der Waals surface area contributed by atoms with Gasteiger partial charge in [0.25, 0.3) is 0 Å². The minimum Gasteiger partial charge on any atom is -0.341 e. The van der Waals surface area contributed by atoms with Crippen LogP contribution in [-0.2, 0) is 0 Å². The van der Waals surface area contributed by atoms with E-state index >= 15 is 0 Å². The highest BCUT2D eigenvalue weighted by Crippen LogP contribution is 2.35. The van der Waals surface area contributed by atoms with Crippen LogP contribution in [0.4, 0.5) is 0 Å². The molecule has 5 nitrogen and oxygen atoms in total. The molecule has 98 valence electrons. The van der Waals surface area contributed by atoms with Gasteiger partial charge in [-0.15, -0.1) is 11.8 Å². The van der Waals surface area contributed by atoms with E-state index in [9.17, 15) is 5.26 Å². The van der Waals surface area contributed by atoms with Crippen molar-refractivity contribution in [3.63, 3.8) is 0 Å². The molecule has 3 rings (SSSR count). The Hall–Kier alpha value is -2.04. The average molecular weight is 299 g/mol. The Bertz CT molecular complexity index is 806. The molecule has 0 spiro atoms. The second-order valence-corrected chi connectivity index (χ2v) is 5.71. The van der Waals surface area contributed by atoms with Gasteiger partial charge < -0.3 is 4.98 Å². The number of fused-ring (bicyclic) bond motifs is 1. The van der Waals surface area contributed by atoms with E-state index in [4.69, 9.17) is 0 Å². The van der Waals surface area contributed by atoms with Gasteiger partial charge in [0.2, 0.25) is 0 Å². The van der Waals surface area contributed by atoms with Gasteiger partial charge in [0.15, 0.2) is 5.65 Å². The number of hydrogen-bond acceptors (Lipinski definition) is 6. The molecule has 1 aromatic carbocycles. The molecule has 0 amide bonds. The van der Waals surface area contributed by atoms with Gasteiger partial charge in [0.1, 0.15) is 22.9 Å². The molecule has 0 aliphatic heterocycles. The minimum atomic E-state index is 0.627. The number of hydrogen-bond donors (Lipinski definition) is 1. The monoisotopic (exact) mass is 299 g/mol. The quantitative estimate of drug-likeness (QED) is 0.591. The van der Waals surface area contributed by atoms with Crippen LogP contribution in [0.25, 0.3) is 11.2 Å². The number of H-pyrrole nitrogens is 1. The molecule has 1 N–H and O–H groups in total. The standard InChI is InChI=1S/C13H9N5S2/c1-19-9-3-2-4-10(8(9)5-14)20-13-11-12(16-6-15-11)17-7-18-13/h2-4,6-7H,1H3,(H,15,16,17,18). The number of rotatable bonds is 3. The molecule has 0 saturated heterocycles. The van der Waals surface area contributed by atoms with Crippen LogP contribution in [0.5, 0.6) is 0 Å². The maximum absolute atomic E-state index is 9.35. The van der Waals surface area contributed by atoms with E-state index in [-0.39, 0.29) is 0 Å². The predicted molar refractivity (Wildman–Crippen MR) is 78.7 cm³/mol. The van der Waals surface area contributed by atoms with E-state index < -0.39 is 0 Å². The topological polar surface area (TPSA) is 78.2 Å². The van der Waals surface area contributed by atoms with Crippen LogP contribution < -0.4 is 0 Å². The second-order valence-electron chi connectivity index (χ2n) is 3.83. The number of nitriles is 1. The van der Waals surface area contributed by atoms with Crippen LogP contribution in [0.2, 0.25) is 0 Å². The lowest BCUT2D eigenvalue weighted by molar-refractivity contribution is 1.08. The van der Waals surface area contributed by atoms with E-state index in [2.05, 4.69) is 26.0 Å². The first-order valence-electron chi connectivity index (χ1n) is 5.72. The number of imidazole rings is 1. The molecule has 0 unspecified atom stereocenters. The smallest absolute Gasteiger partial charge is 0.181 e. The van der Waals surface area contributed by atoms with Gasteiger partial charge in [-0.25, -0.2) is 15.0 Å². The van der Waals surface area contributed by atoms with Crippen molar-refractivity contribution in [1.82, 2.24) is 19.9 Å². The molecule has 7 heteroatoms. The Morgan fingerprint density at radius 3 is 2.85 bits per heavy atom. The largest absolute Gasteiger partial charge is 0.341 e. The third kappa shape index (κ3) is 2.24. The van der Waals surface area contributed by atoms with E-state index in [1.807, 2.05) is 24.5 Å². The number of nitrogens with zero attached hydrogens (tertiary/aromatic N) is 4. The van der Waals surface area contributed by atoms with Crippen molar-refractivity contribution in [2.75, 3.05) is 6.26 Å². The van der Waals surface area contributed by atoms with E-state index in [1.54, 1.807) is 18.1 Å². The summed E-state index contributed by atoms with van der Waals surface area (Å²) >= 11 is 3.01. The Morgan fingerprint density at radius 1 is 1.20 bits per heavy atom. The molecular formula is C13H9N5S2. The molecule has 20 heavy (non-hydrogen) atoms. The maximum Gasteiger partial charge on any atom is 0.181 e. The van der Waals surface area contributed by atoms with Crippen molar-refractivity contribution in [2.45, 2.75) is 14.8 Å². The molecule has 3 aromatic rings. The third-order valence-electron chi connectivity index (χ3n) is 2.71. The van der Waals surface area contributed by atoms with Crippen LogP contribution in [0, 0.1) is 11.3 Å². The zero-order chi connectivity index (χ0) is 13.9. The summed E-state index contributed by atoms with van der Waals surface area (Å²) in [6.45, 7) is 0. The minimum absolute atomic E-state index is 0.627. The SMILES string of the molecule is CSc1cccc(Sc2ncnc3nc[nH]c23)c1C#N. The molecule has 0 atom stereocenters. The van der Waals surface area contributed by atoms with Crippen molar-refractivity contribution >= 4 is 34.7 Å². The fraction of sp³-hybridized carbons (Fsp3) is 0.0769. The lowest BCUT2D eigenvalue weighted by Crippen LogP contribution is -1.89. The van der Waals surface area contributed by atoms with E-state index in [0.29, 0.717) is 11.2 Å². The molecule has 0 radical (unpaired) electrons. The molecule has 0 aliphatic rings. The van der Waals surface area contributed by atoms with Crippen molar-refractivity contribution in [3.8, 4) is 6.07 Å². The average Bonchev–Trinajstić information content (AvgIpc) is 2.96. The lowest BCUT2D eigenvalue weighted by Gasteiger charge is -2.06. The van der Waals surface area contributed by atoms with Gasteiger partial charge in [-0.1, -0.05) is 17.8 Å². The summed E-state index contributed by atoms with van der Waals surface area (Å²) in [5, 5.41) is 10.1. The van der Waals surface area contributed by atoms with Crippen LogP contribution in [-0.4, -0.2) is 26.2 Å². The summed E-state index contributed by atoms with van der Waals surface area (Å²) < 4.78 is 0. The summed E-state index contributed by atoms with van der Waals surface area (Å²) in [5.41, 5.74) is 2.09. The number of nitrogens with one attached hydrogen (secondary N) is 1. The van der Waals surface area contributed by atoms with Crippen LogP contribution in [0.3, 0.4) is 0 Å². The van der Waals surface area contributed by atoms with Gasteiger partial charge in [-0.05, 0) is 18.4 Å². The van der Waals surface area contributed by atoms with Crippen LogP contribution >= 0.6 is 23.5 Å². The summed E-state index contributed by atoms with van der Waals surface area (Å²) in [5.74, 6) is 0. The van der Waals surface area contributed by atoms with Gasteiger partial charge in [-0.3, -0.25) is 0 Å².